The number of carbonyl (C=O) groups is 4. The maximum Gasteiger partial charge on any atom is 0.326 e. The lowest BCUT2D eigenvalue weighted by molar-refractivity contribution is -0.141. The molecule has 0 fully saturated rings. The van der Waals surface area contributed by atoms with E-state index in [0.29, 0.717) is 30.5 Å². The number of carbonyl (C=O) groups excluding carboxylic acids is 3. The van der Waals surface area contributed by atoms with Crippen molar-refractivity contribution in [1.29, 1.82) is 0 Å². The fraction of sp³-hybridized carbons (Fsp3) is 0.375. The average molecular weight is 333 g/mol. The molecule has 8 heteroatoms. The molecule has 2 rings (SSSR count). The fourth-order valence-electron chi connectivity index (χ4n) is 2.50. The van der Waals surface area contributed by atoms with E-state index < -0.39 is 29.7 Å². The second-order valence-corrected chi connectivity index (χ2v) is 5.49. The molecule has 0 radical (unpaired) electrons. The molecule has 8 nitrogen and oxygen atoms in total. The number of nitrogens with zero attached hydrogens (tertiary/aromatic N) is 1. The van der Waals surface area contributed by atoms with Crippen LogP contribution in [0.5, 0.6) is 0 Å². The highest BCUT2D eigenvalue weighted by Crippen LogP contribution is 2.20. The average Bonchev–Trinajstić information content (AvgIpc) is 2.78. The maximum atomic E-state index is 12.1. The Bertz CT molecular complexity index is 638. The zero-order valence-corrected chi connectivity index (χ0v) is 13.2. The van der Waals surface area contributed by atoms with Crippen LogP contribution in [0, 0.1) is 0 Å². The van der Waals surface area contributed by atoms with Gasteiger partial charge in [-0.1, -0.05) is 12.1 Å². The molecular formula is C16H19N3O5. The molecule has 1 unspecified atom stereocenters. The Kier molecular flexibility index (Phi) is 5.64. The zero-order chi connectivity index (χ0) is 17.7. The number of amides is 3. The summed E-state index contributed by atoms with van der Waals surface area (Å²) in [5.74, 6) is -2.26. The van der Waals surface area contributed by atoms with E-state index in [1.807, 2.05) is 0 Å². The van der Waals surface area contributed by atoms with Gasteiger partial charge in [-0.15, -0.1) is 0 Å². The topological polar surface area (TPSA) is 116 Å². The standard InChI is InChI=1S/C16H19N3O5/c1-10(20)18-13(16(23)24)8-4-5-9-17-19-14(21)11-6-2-3-7-12(11)15(19)22/h2-3,6-7,13,17H,4-5,8-9H2,1H3,(H,18,20)(H,23,24). The summed E-state index contributed by atoms with van der Waals surface area (Å²) in [5.41, 5.74) is 3.51. The van der Waals surface area contributed by atoms with Crippen LogP contribution in [0.15, 0.2) is 24.3 Å². The molecule has 0 aromatic heterocycles. The second-order valence-electron chi connectivity index (χ2n) is 5.49. The largest absolute Gasteiger partial charge is 0.480 e. The third-order valence-corrected chi connectivity index (χ3v) is 3.66. The summed E-state index contributed by atoms with van der Waals surface area (Å²) >= 11 is 0. The van der Waals surface area contributed by atoms with Crippen LogP contribution >= 0.6 is 0 Å². The molecule has 1 heterocycles. The van der Waals surface area contributed by atoms with Crippen molar-refractivity contribution < 1.29 is 24.3 Å². The molecule has 3 N–H and O–H groups in total. The lowest BCUT2D eigenvalue weighted by atomic mass is 10.1. The van der Waals surface area contributed by atoms with Gasteiger partial charge in [-0.2, -0.15) is 0 Å². The van der Waals surface area contributed by atoms with Gasteiger partial charge in [0.25, 0.3) is 11.8 Å². The quantitative estimate of drug-likeness (QED) is 0.472. The molecule has 0 spiro atoms. The number of rotatable bonds is 8. The molecule has 128 valence electrons. The van der Waals surface area contributed by atoms with Crippen LogP contribution in [0.4, 0.5) is 0 Å². The highest BCUT2D eigenvalue weighted by atomic mass is 16.4. The van der Waals surface area contributed by atoms with Gasteiger partial charge in [-0.05, 0) is 31.4 Å². The van der Waals surface area contributed by atoms with Crippen LogP contribution in [0.2, 0.25) is 0 Å². The van der Waals surface area contributed by atoms with Gasteiger partial charge in [-0.25, -0.2) is 15.2 Å². The summed E-state index contributed by atoms with van der Waals surface area (Å²) in [6.45, 7) is 1.61. The molecule has 24 heavy (non-hydrogen) atoms. The highest BCUT2D eigenvalue weighted by molar-refractivity contribution is 6.20. The molecular weight excluding hydrogens is 314 g/mol. The van der Waals surface area contributed by atoms with Crippen LogP contribution in [-0.2, 0) is 9.59 Å². The van der Waals surface area contributed by atoms with Crippen LogP contribution in [-0.4, -0.2) is 46.4 Å². The summed E-state index contributed by atoms with van der Waals surface area (Å²) < 4.78 is 0. The van der Waals surface area contributed by atoms with Gasteiger partial charge < -0.3 is 10.4 Å². The first-order chi connectivity index (χ1) is 11.4. The molecule has 1 aliphatic heterocycles. The Morgan fingerprint density at radius 3 is 2.21 bits per heavy atom. The number of carboxylic acids is 1. The fourth-order valence-corrected chi connectivity index (χ4v) is 2.50. The van der Waals surface area contributed by atoms with Crippen molar-refractivity contribution in [2.45, 2.75) is 32.2 Å². The van der Waals surface area contributed by atoms with Crippen LogP contribution in [0.1, 0.15) is 46.9 Å². The van der Waals surface area contributed by atoms with Crippen LogP contribution in [0.25, 0.3) is 0 Å². The summed E-state index contributed by atoms with van der Waals surface area (Å²) in [7, 11) is 0. The van der Waals surface area contributed by atoms with E-state index in [0.717, 1.165) is 5.01 Å². The number of unbranched alkanes of at least 4 members (excludes halogenated alkanes) is 1. The number of hydrogen-bond donors (Lipinski definition) is 3. The first-order valence-electron chi connectivity index (χ1n) is 7.63. The smallest absolute Gasteiger partial charge is 0.326 e. The number of imide groups is 1. The Morgan fingerprint density at radius 1 is 1.12 bits per heavy atom. The van der Waals surface area contributed by atoms with E-state index in [9.17, 15) is 19.2 Å². The molecule has 0 saturated carbocycles. The normalized spacial score (nSPS) is 14.5. The first kappa shape index (κ1) is 17.6. The summed E-state index contributed by atoms with van der Waals surface area (Å²) in [5, 5.41) is 12.3. The Hall–Kier alpha value is -2.74. The molecule has 1 aromatic rings. The minimum Gasteiger partial charge on any atom is -0.480 e. The Labute approximate surface area is 138 Å². The number of carboxylic acid groups (broad SMARTS) is 1. The molecule has 0 bridgehead atoms. The van der Waals surface area contributed by atoms with Gasteiger partial charge >= 0.3 is 5.97 Å². The summed E-state index contributed by atoms with van der Waals surface area (Å²) in [6, 6.07) is 5.66. The number of benzene rings is 1. The predicted octanol–water partition coefficient (Wildman–Crippen LogP) is 0.547. The molecule has 0 saturated heterocycles. The molecule has 1 atom stereocenters. The monoisotopic (exact) mass is 333 g/mol. The van der Waals surface area contributed by atoms with Crippen molar-refractivity contribution in [1.82, 2.24) is 15.8 Å². The van der Waals surface area contributed by atoms with E-state index in [-0.39, 0.29) is 6.42 Å². The summed E-state index contributed by atoms with van der Waals surface area (Å²) in [6.07, 6.45) is 1.35. The Balaban J connectivity index is 1.77. The number of aliphatic carboxylic acids is 1. The van der Waals surface area contributed by atoms with Gasteiger partial charge in [0.05, 0.1) is 11.1 Å². The van der Waals surface area contributed by atoms with Crippen molar-refractivity contribution in [3.8, 4) is 0 Å². The summed E-state index contributed by atoms with van der Waals surface area (Å²) in [4.78, 5) is 46.1. The molecule has 3 amide bonds. The van der Waals surface area contributed by atoms with E-state index in [4.69, 9.17) is 5.11 Å². The van der Waals surface area contributed by atoms with E-state index in [1.54, 1.807) is 24.3 Å². The predicted molar refractivity (Wildman–Crippen MR) is 84.0 cm³/mol. The number of hydrazine groups is 1. The Morgan fingerprint density at radius 2 is 1.71 bits per heavy atom. The highest BCUT2D eigenvalue weighted by Gasteiger charge is 2.34. The number of nitrogens with one attached hydrogen (secondary N) is 2. The molecule has 1 aromatic carbocycles. The number of fused-ring (bicyclic) bond motifs is 1. The van der Waals surface area contributed by atoms with Crippen LogP contribution < -0.4 is 10.7 Å². The molecule has 0 aliphatic carbocycles. The van der Waals surface area contributed by atoms with Crippen LogP contribution in [0.3, 0.4) is 0 Å². The van der Waals surface area contributed by atoms with Gasteiger partial charge in [-0.3, -0.25) is 14.4 Å². The van der Waals surface area contributed by atoms with Gasteiger partial charge in [0.1, 0.15) is 6.04 Å². The third kappa shape index (κ3) is 3.96. The van der Waals surface area contributed by atoms with Crippen molar-refractivity contribution in [3.05, 3.63) is 35.4 Å². The van der Waals surface area contributed by atoms with Crippen molar-refractivity contribution in [2.75, 3.05) is 6.54 Å². The zero-order valence-electron chi connectivity index (χ0n) is 13.2. The minimum absolute atomic E-state index is 0.276. The SMILES string of the molecule is CC(=O)NC(CCCCNN1C(=O)c2ccccc2C1=O)C(=O)O. The lowest BCUT2D eigenvalue weighted by Crippen LogP contribution is -2.43. The maximum absolute atomic E-state index is 12.1. The lowest BCUT2D eigenvalue weighted by Gasteiger charge is -2.16. The van der Waals surface area contributed by atoms with Gasteiger partial charge in [0.15, 0.2) is 0 Å². The third-order valence-electron chi connectivity index (χ3n) is 3.66. The second kappa shape index (κ2) is 7.69. The van der Waals surface area contributed by atoms with Gasteiger partial charge in [0.2, 0.25) is 5.91 Å². The van der Waals surface area contributed by atoms with Crippen molar-refractivity contribution in [2.24, 2.45) is 0 Å². The van der Waals surface area contributed by atoms with E-state index in [2.05, 4.69) is 10.7 Å². The van der Waals surface area contributed by atoms with E-state index in [1.165, 1.54) is 6.92 Å². The first-order valence-corrected chi connectivity index (χ1v) is 7.63. The van der Waals surface area contributed by atoms with Crippen molar-refractivity contribution >= 4 is 23.7 Å². The van der Waals surface area contributed by atoms with Gasteiger partial charge in [0, 0.05) is 13.5 Å². The van der Waals surface area contributed by atoms with E-state index >= 15 is 0 Å². The van der Waals surface area contributed by atoms with Crippen molar-refractivity contribution in [3.63, 3.8) is 0 Å². The molecule has 1 aliphatic rings. The minimum atomic E-state index is -1.08. The number of hydrogen-bond acceptors (Lipinski definition) is 5.